The zero-order valence-electron chi connectivity index (χ0n) is 37.4. The Morgan fingerprint density at radius 1 is 0.672 bits per heavy atom. The van der Waals surface area contributed by atoms with Crippen LogP contribution in [0, 0.1) is 0 Å². The number of ketones is 1. The van der Waals surface area contributed by atoms with Gasteiger partial charge in [-0.3, -0.25) is 4.79 Å². The number of nitrogens with one attached hydrogen (secondary N) is 1. The molecule has 7 aromatic rings. The fraction of sp³-hybridized carbons (Fsp3) is 0.245. The molecule has 1 N–H and O–H groups in total. The van der Waals surface area contributed by atoms with Crippen LogP contribution in [0.25, 0.3) is 11.5 Å². The van der Waals surface area contributed by atoms with Crippen molar-refractivity contribution in [2.24, 2.45) is 0 Å². The normalized spacial score (nSPS) is 10.6. The molecule has 0 radical (unpaired) electrons. The summed E-state index contributed by atoms with van der Waals surface area (Å²) in [6.45, 7) is 9.08. The number of hydrogen-bond acceptors (Lipinski definition) is 9. The van der Waals surface area contributed by atoms with Crippen LogP contribution in [0.4, 0.5) is 4.79 Å². The maximum atomic E-state index is 12.9. The molecular formula is C53H56Cl2N4O8. The van der Waals surface area contributed by atoms with Gasteiger partial charge >= 0.3 is 11.8 Å². The van der Waals surface area contributed by atoms with Crippen molar-refractivity contribution in [1.29, 1.82) is 0 Å². The van der Waals surface area contributed by atoms with Crippen LogP contribution in [-0.2, 0) is 26.3 Å². The van der Waals surface area contributed by atoms with E-state index in [0.717, 1.165) is 33.8 Å². The second-order valence-electron chi connectivity index (χ2n) is 15.6. The quantitative estimate of drug-likeness (QED) is 0.0834. The fourth-order valence-corrected chi connectivity index (χ4v) is 6.86. The first-order chi connectivity index (χ1) is 31.8. The lowest BCUT2D eigenvalue weighted by Gasteiger charge is -2.22. The van der Waals surface area contributed by atoms with Crippen LogP contribution >= 0.6 is 23.2 Å². The highest BCUT2D eigenvalue weighted by Crippen LogP contribution is 2.30. The molecule has 12 nitrogen and oxygen atoms in total. The summed E-state index contributed by atoms with van der Waals surface area (Å²) >= 11 is 12.6. The third kappa shape index (κ3) is 15.5. The van der Waals surface area contributed by atoms with E-state index in [-0.39, 0.29) is 57.0 Å². The van der Waals surface area contributed by atoms with Gasteiger partial charge in [0.15, 0.2) is 5.78 Å². The standard InChI is InChI=1S/C27H29ClN2O4.C25H23ClN2O4.CH4/c1-19(2)34-26-14-11-22(15-24(26)28)25(31)17-30(27(32)29-3)16-20-9-12-23(13-10-20)33-18-21-7-5-4-6-8-21;1-17(2)31-23-13-10-20(14-22(23)26)24-27-28(25(29)32-24)15-18-8-11-21(12-9-18)30-16-19-6-4-3-5-7-19;/h4-15,19H,16-18H2,1-3H3,(H,29,32);3-14,17H,15-16H2,1-2H3;1H4. The van der Waals surface area contributed by atoms with E-state index in [9.17, 15) is 14.4 Å². The van der Waals surface area contributed by atoms with Gasteiger partial charge in [0.25, 0.3) is 0 Å². The third-order valence-corrected chi connectivity index (χ3v) is 10.2. The van der Waals surface area contributed by atoms with Crippen molar-refractivity contribution in [3.63, 3.8) is 0 Å². The number of halogens is 2. The fourth-order valence-electron chi connectivity index (χ4n) is 6.41. The largest absolute Gasteiger partial charge is 0.489 e. The highest BCUT2D eigenvalue weighted by atomic mass is 35.5. The van der Waals surface area contributed by atoms with Gasteiger partial charge in [0.05, 0.1) is 35.3 Å². The summed E-state index contributed by atoms with van der Waals surface area (Å²) in [6.07, 6.45) is -0.0245. The first kappa shape index (κ1) is 51.0. The summed E-state index contributed by atoms with van der Waals surface area (Å²) in [6, 6.07) is 44.6. The van der Waals surface area contributed by atoms with Crippen molar-refractivity contribution >= 4 is 35.0 Å². The second kappa shape index (κ2) is 25.0. The Morgan fingerprint density at radius 2 is 1.18 bits per heavy atom. The molecule has 0 atom stereocenters. The van der Waals surface area contributed by atoms with Crippen LogP contribution in [0.2, 0.25) is 10.0 Å². The number of amides is 2. The monoisotopic (exact) mass is 946 g/mol. The lowest BCUT2D eigenvalue weighted by molar-refractivity contribution is 0.0940. The average molecular weight is 948 g/mol. The zero-order chi connectivity index (χ0) is 47.0. The van der Waals surface area contributed by atoms with Crippen molar-refractivity contribution in [2.45, 2.75) is 73.6 Å². The van der Waals surface area contributed by atoms with Gasteiger partial charge in [0.2, 0.25) is 5.89 Å². The van der Waals surface area contributed by atoms with Gasteiger partial charge < -0.3 is 33.6 Å². The van der Waals surface area contributed by atoms with Gasteiger partial charge in [-0.25, -0.2) is 9.59 Å². The van der Waals surface area contributed by atoms with Crippen LogP contribution in [-0.4, -0.2) is 52.3 Å². The van der Waals surface area contributed by atoms with E-state index in [4.69, 9.17) is 46.6 Å². The molecular weight excluding hydrogens is 892 g/mol. The molecule has 1 heterocycles. The number of urea groups is 1. The number of Topliss-reactive ketones (excluding diaryl/α,β-unsaturated/α-hetero) is 1. The van der Waals surface area contributed by atoms with E-state index in [1.54, 1.807) is 36.4 Å². The smallest absolute Gasteiger partial charge is 0.437 e. The van der Waals surface area contributed by atoms with Crippen LogP contribution in [0.3, 0.4) is 0 Å². The van der Waals surface area contributed by atoms with E-state index in [1.165, 1.54) is 16.6 Å². The van der Waals surface area contributed by atoms with Crippen molar-refractivity contribution in [2.75, 3.05) is 13.6 Å². The number of aromatic nitrogens is 2. The molecule has 0 aliphatic heterocycles. The highest BCUT2D eigenvalue weighted by molar-refractivity contribution is 6.32. The molecule has 0 spiro atoms. The van der Waals surface area contributed by atoms with Gasteiger partial charge in [0, 0.05) is 24.7 Å². The molecule has 2 amide bonds. The Balaban J connectivity index is 0.000000247. The Hall–Kier alpha value is -7.02. The SMILES string of the molecule is C.CC(C)Oc1ccc(-c2nn(Cc3ccc(OCc4ccccc4)cc3)c(=O)o2)cc1Cl.CNC(=O)N(CC(=O)c1ccc(OC(C)C)c(Cl)c1)Cc1ccc(OCc2ccccc2)cc1. The van der Waals surface area contributed by atoms with Crippen LogP contribution in [0.15, 0.2) is 155 Å². The molecule has 1 aromatic heterocycles. The lowest BCUT2D eigenvalue weighted by Crippen LogP contribution is -2.40. The van der Waals surface area contributed by atoms with E-state index in [0.29, 0.717) is 45.9 Å². The minimum atomic E-state index is -0.539. The molecule has 0 bridgehead atoms. The summed E-state index contributed by atoms with van der Waals surface area (Å²) in [5.41, 5.74) is 4.98. The Labute approximate surface area is 402 Å². The molecule has 6 aromatic carbocycles. The van der Waals surface area contributed by atoms with Crippen LogP contribution < -0.4 is 30.0 Å². The molecule has 0 aliphatic carbocycles. The van der Waals surface area contributed by atoms with Crippen molar-refractivity contribution in [1.82, 2.24) is 20.0 Å². The van der Waals surface area contributed by atoms with E-state index < -0.39 is 5.76 Å². The molecule has 0 saturated heterocycles. The molecule has 0 saturated carbocycles. The summed E-state index contributed by atoms with van der Waals surface area (Å²) in [5, 5.41) is 7.70. The van der Waals surface area contributed by atoms with Crippen LogP contribution in [0.5, 0.6) is 23.0 Å². The van der Waals surface area contributed by atoms with Gasteiger partial charge in [-0.15, -0.1) is 5.10 Å². The van der Waals surface area contributed by atoms with E-state index >= 15 is 0 Å². The molecule has 0 fully saturated rings. The number of nitrogens with zero attached hydrogens (tertiary/aromatic N) is 3. The summed E-state index contributed by atoms with van der Waals surface area (Å²) in [4.78, 5) is 39.1. The summed E-state index contributed by atoms with van der Waals surface area (Å²) in [5.74, 6) is 2.02. The molecule has 67 heavy (non-hydrogen) atoms. The van der Waals surface area contributed by atoms with Crippen LogP contribution in [0.1, 0.15) is 67.7 Å². The lowest BCUT2D eigenvalue weighted by atomic mass is 10.1. The molecule has 350 valence electrons. The first-order valence-electron chi connectivity index (χ1n) is 21.4. The third-order valence-electron chi connectivity index (χ3n) is 9.65. The zero-order valence-corrected chi connectivity index (χ0v) is 38.9. The first-order valence-corrected chi connectivity index (χ1v) is 22.1. The Morgan fingerprint density at radius 3 is 1.67 bits per heavy atom. The molecule has 0 unspecified atom stereocenters. The Kier molecular flexibility index (Phi) is 19.1. The summed E-state index contributed by atoms with van der Waals surface area (Å²) < 4.78 is 29.5. The van der Waals surface area contributed by atoms with Gasteiger partial charge in [-0.2, -0.15) is 4.68 Å². The van der Waals surface area contributed by atoms with Gasteiger partial charge in [-0.05, 0) is 111 Å². The van der Waals surface area contributed by atoms with E-state index in [2.05, 4.69) is 10.4 Å². The number of hydrogen-bond donors (Lipinski definition) is 1. The number of benzene rings is 6. The maximum Gasteiger partial charge on any atom is 0.437 e. The maximum absolute atomic E-state index is 12.9. The van der Waals surface area contributed by atoms with Gasteiger partial charge in [0.1, 0.15) is 36.2 Å². The molecule has 0 aliphatic rings. The molecule has 7 rings (SSSR count). The van der Waals surface area contributed by atoms with Crippen molar-refractivity contribution in [3.8, 4) is 34.5 Å². The highest BCUT2D eigenvalue weighted by Gasteiger charge is 2.19. The topological polar surface area (TPSA) is 134 Å². The van der Waals surface area contributed by atoms with Crippen molar-refractivity contribution < 1.29 is 33.0 Å². The number of ether oxygens (including phenoxy) is 4. The number of rotatable bonds is 18. The Bertz CT molecular complexity index is 2710. The minimum Gasteiger partial charge on any atom is -0.489 e. The predicted octanol–water partition coefficient (Wildman–Crippen LogP) is 11.9. The number of carbonyl (C=O) groups is 2. The average Bonchev–Trinajstić information content (AvgIpc) is 3.69. The minimum absolute atomic E-state index is 0. The summed E-state index contributed by atoms with van der Waals surface area (Å²) in [7, 11) is 1.54. The van der Waals surface area contributed by atoms with Crippen molar-refractivity contribution in [3.05, 3.63) is 194 Å². The predicted molar refractivity (Wildman–Crippen MR) is 264 cm³/mol. The number of carbonyl (C=O) groups excluding carboxylic acids is 2. The van der Waals surface area contributed by atoms with Gasteiger partial charge in [-0.1, -0.05) is 116 Å². The molecule has 14 heteroatoms. The van der Waals surface area contributed by atoms with E-state index in [1.807, 2.05) is 137 Å². The second-order valence-corrected chi connectivity index (χ2v) is 16.4.